The summed E-state index contributed by atoms with van der Waals surface area (Å²) < 4.78 is 38.9. The van der Waals surface area contributed by atoms with E-state index in [9.17, 15) is 18.0 Å². The maximum absolute atomic E-state index is 13.0. The van der Waals surface area contributed by atoms with Gasteiger partial charge in [0.15, 0.2) is 0 Å². The minimum absolute atomic E-state index is 0.0795. The summed E-state index contributed by atoms with van der Waals surface area (Å²) in [5.74, 6) is -0.682. The molecule has 2 aromatic carbocycles. The fourth-order valence-corrected chi connectivity index (χ4v) is 2.41. The van der Waals surface area contributed by atoms with E-state index in [1.54, 1.807) is 18.2 Å². The van der Waals surface area contributed by atoms with Crippen LogP contribution in [0.2, 0.25) is 15.1 Å². The third kappa shape index (κ3) is 4.69. The van der Waals surface area contributed by atoms with Crippen molar-refractivity contribution in [3.63, 3.8) is 0 Å². The van der Waals surface area contributed by atoms with Gasteiger partial charge in [-0.15, -0.1) is 0 Å². The van der Waals surface area contributed by atoms with Gasteiger partial charge in [-0.2, -0.15) is 13.2 Å². The van der Waals surface area contributed by atoms with Crippen molar-refractivity contribution in [2.24, 2.45) is 0 Å². The summed E-state index contributed by atoms with van der Waals surface area (Å²) in [5, 5.41) is 5.33. The zero-order chi connectivity index (χ0) is 17.9. The number of hydrogen-bond acceptors (Lipinski definition) is 2. The lowest BCUT2D eigenvalue weighted by Crippen LogP contribution is -2.23. The van der Waals surface area contributed by atoms with Gasteiger partial charge in [0, 0.05) is 5.02 Å². The number of alkyl halides is 3. The molecule has 0 aromatic heterocycles. The zero-order valence-electron chi connectivity index (χ0n) is 11.8. The first kappa shape index (κ1) is 18.7. The van der Waals surface area contributed by atoms with Gasteiger partial charge < -0.3 is 10.6 Å². The topological polar surface area (TPSA) is 41.1 Å². The molecule has 1 amide bonds. The Hall–Kier alpha value is -1.63. The molecule has 0 unspecified atom stereocenters. The molecule has 0 atom stereocenters. The fraction of sp³-hybridized carbons (Fsp3) is 0.133. The number of carbonyl (C=O) groups excluding carboxylic acids is 1. The summed E-state index contributed by atoms with van der Waals surface area (Å²) in [7, 11) is 0. The number of carbonyl (C=O) groups is 1. The van der Waals surface area contributed by atoms with Gasteiger partial charge in [0.1, 0.15) is 0 Å². The van der Waals surface area contributed by atoms with E-state index in [0.29, 0.717) is 10.7 Å². The van der Waals surface area contributed by atoms with E-state index in [2.05, 4.69) is 10.6 Å². The maximum atomic E-state index is 13.0. The third-order valence-corrected chi connectivity index (χ3v) is 4.01. The number of rotatable bonds is 4. The predicted molar refractivity (Wildman–Crippen MR) is 90.0 cm³/mol. The maximum Gasteiger partial charge on any atom is 0.418 e. The Bertz CT molecular complexity index is 766. The van der Waals surface area contributed by atoms with Crippen LogP contribution in [0, 0.1) is 0 Å². The average Bonchev–Trinajstić information content (AvgIpc) is 2.49. The smallest absolute Gasteiger partial charge is 0.375 e. The molecule has 0 saturated carbocycles. The minimum atomic E-state index is -4.64. The highest BCUT2D eigenvalue weighted by molar-refractivity contribution is 6.43. The molecule has 2 N–H and O–H groups in total. The second kappa shape index (κ2) is 7.51. The van der Waals surface area contributed by atoms with E-state index in [0.717, 1.165) is 12.1 Å². The van der Waals surface area contributed by atoms with Gasteiger partial charge in [0.25, 0.3) is 0 Å². The van der Waals surface area contributed by atoms with Crippen molar-refractivity contribution in [2.45, 2.75) is 6.18 Å². The third-order valence-electron chi connectivity index (χ3n) is 2.95. The van der Waals surface area contributed by atoms with E-state index >= 15 is 0 Å². The van der Waals surface area contributed by atoms with Crippen molar-refractivity contribution in [1.82, 2.24) is 0 Å². The van der Waals surface area contributed by atoms with Crippen LogP contribution < -0.4 is 10.6 Å². The summed E-state index contributed by atoms with van der Waals surface area (Å²) in [6.45, 7) is -0.292. The van der Waals surface area contributed by atoms with Crippen LogP contribution in [0.5, 0.6) is 0 Å². The molecule has 2 rings (SSSR count). The van der Waals surface area contributed by atoms with Crippen LogP contribution in [0.1, 0.15) is 5.56 Å². The Labute approximate surface area is 150 Å². The van der Waals surface area contributed by atoms with E-state index in [1.165, 1.54) is 6.07 Å². The quantitative estimate of drug-likeness (QED) is 0.693. The average molecular weight is 398 g/mol. The molecule has 0 fully saturated rings. The molecule has 0 aliphatic carbocycles. The normalized spacial score (nSPS) is 11.2. The largest absolute Gasteiger partial charge is 0.418 e. The number of hydrogen-bond donors (Lipinski definition) is 2. The zero-order valence-corrected chi connectivity index (χ0v) is 14.1. The van der Waals surface area contributed by atoms with Gasteiger partial charge in [0.05, 0.1) is 33.5 Å². The molecule has 0 aliphatic heterocycles. The van der Waals surface area contributed by atoms with Gasteiger partial charge >= 0.3 is 6.18 Å². The molecule has 0 saturated heterocycles. The van der Waals surface area contributed by atoms with E-state index in [4.69, 9.17) is 34.8 Å². The molecule has 9 heteroatoms. The second-order valence-electron chi connectivity index (χ2n) is 4.69. The van der Waals surface area contributed by atoms with E-state index < -0.39 is 17.6 Å². The van der Waals surface area contributed by atoms with E-state index in [-0.39, 0.29) is 22.3 Å². The first-order valence-electron chi connectivity index (χ1n) is 6.53. The Balaban J connectivity index is 2.09. The summed E-state index contributed by atoms with van der Waals surface area (Å²) in [6, 6.07) is 7.88. The van der Waals surface area contributed by atoms with Crippen molar-refractivity contribution in [3.8, 4) is 0 Å². The molecule has 0 spiro atoms. The number of benzene rings is 2. The molecule has 0 heterocycles. The van der Waals surface area contributed by atoms with Crippen LogP contribution >= 0.6 is 34.8 Å². The van der Waals surface area contributed by atoms with E-state index in [1.807, 2.05) is 0 Å². The van der Waals surface area contributed by atoms with Crippen LogP contribution in [-0.4, -0.2) is 12.5 Å². The molecule has 24 heavy (non-hydrogen) atoms. The molecule has 128 valence electrons. The van der Waals surface area contributed by atoms with Gasteiger partial charge in [-0.3, -0.25) is 4.79 Å². The molecule has 0 bridgehead atoms. The summed E-state index contributed by atoms with van der Waals surface area (Å²) >= 11 is 17.4. The van der Waals surface area contributed by atoms with Crippen LogP contribution in [0.25, 0.3) is 0 Å². The van der Waals surface area contributed by atoms with Crippen molar-refractivity contribution < 1.29 is 18.0 Å². The Morgan fingerprint density at radius 1 is 1.04 bits per heavy atom. The number of amides is 1. The monoisotopic (exact) mass is 396 g/mol. The Kier molecular flexibility index (Phi) is 5.85. The van der Waals surface area contributed by atoms with Gasteiger partial charge in [-0.1, -0.05) is 40.9 Å². The highest BCUT2D eigenvalue weighted by Crippen LogP contribution is 2.36. The molecule has 2 aromatic rings. The lowest BCUT2D eigenvalue weighted by atomic mass is 10.1. The van der Waals surface area contributed by atoms with Gasteiger partial charge in [-0.25, -0.2) is 0 Å². The van der Waals surface area contributed by atoms with Gasteiger partial charge in [0.2, 0.25) is 5.91 Å². The second-order valence-corrected chi connectivity index (χ2v) is 5.91. The minimum Gasteiger partial charge on any atom is -0.375 e. The first-order chi connectivity index (χ1) is 11.2. The molecule has 0 radical (unpaired) electrons. The fourth-order valence-electron chi connectivity index (χ4n) is 1.87. The summed E-state index contributed by atoms with van der Waals surface area (Å²) in [4.78, 5) is 11.9. The Morgan fingerprint density at radius 2 is 1.75 bits per heavy atom. The van der Waals surface area contributed by atoms with Crippen molar-refractivity contribution >= 4 is 52.1 Å². The Morgan fingerprint density at radius 3 is 2.42 bits per heavy atom. The number of nitrogens with one attached hydrogen (secondary N) is 2. The molecule has 0 aliphatic rings. The lowest BCUT2D eigenvalue weighted by Gasteiger charge is -2.15. The van der Waals surface area contributed by atoms with Crippen LogP contribution in [0.15, 0.2) is 36.4 Å². The van der Waals surface area contributed by atoms with Crippen molar-refractivity contribution in [1.29, 1.82) is 0 Å². The standard InChI is InChI=1S/C15H10Cl3F3N2O/c16-8-4-5-11(9(6-8)15(19,20)21)23-13(24)7-22-12-3-1-2-10(17)14(12)18/h1-6,22H,7H2,(H,23,24). The van der Waals surface area contributed by atoms with Gasteiger partial charge in [-0.05, 0) is 30.3 Å². The number of anilines is 2. The van der Waals surface area contributed by atoms with Crippen LogP contribution in [0.4, 0.5) is 24.5 Å². The van der Waals surface area contributed by atoms with Crippen LogP contribution in [0.3, 0.4) is 0 Å². The van der Waals surface area contributed by atoms with Crippen molar-refractivity contribution in [2.75, 3.05) is 17.2 Å². The summed E-state index contributed by atoms with van der Waals surface area (Å²) in [5.41, 5.74) is -1.01. The van der Waals surface area contributed by atoms with Crippen LogP contribution in [-0.2, 0) is 11.0 Å². The predicted octanol–water partition coefficient (Wildman–Crippen LogP) is 5.72. The SMILES string of the molecule is O=C(CNc1cccc(Cl)c1Cl)Nc1ccc(Cl)cc1C(F)(F)F. The summed E-state index contributed by atoms with van der Waals surface area (Å²) in [6.07, 6.45) is -4.64. The first-order valence-corrected chi connectivity index (χ1v) is 7.66. The van der Waals surface area contributed by atoms with Crippen molar-refractivity contribution in [3.05, 3.63) is 57.0 Å². The molecular weight excluding hydrogens is 388 g/mol. The lowest BCUT2D eigenvalue weighted by molar-refractivity contribution is -0.137. The highest BCUT2D eigenvalue weighted by Gasteiger charge is 2.34. The molecular formula is C15H10Cl3F3N2O. The number of halogens is 6. The molecule has 3 nitrogen and oxygen atoms in total. The highest BCUT2D eigenvalue weighted by atomic mass is 35.5.